The molecule has 1 unspecified atom stereocenters. The Morgan fingerprint density at radius 3 is 1.47 bits per heavy atom. The summed E-state index contributed by atoms with van der Waals surface area (Å²) in [6, 6.07) is 36.9. The number of benzene rings is 4. The van der Waals surface area contributed by atoms with E-state index in [9.17, 15) is 0 Å². The van der Waals surface area contributed by atoms with Crippen molar-refractivity contribution >= 4 is 29.7 Å². The molecule has 0 N–H and O–H groups in total. The number of allylic oxidation sites excluding steroid dienone is 1. The predicted molar refractivity (Wildman–Crippen MR) is 141 cm³/mol. The van der Waals surface area contributed by atoms with E-state index in [0.29, 0.717) is 5.54 Å². The summed E-state index contributed by atoms with van der Waals surface area (Å²) in [6.07, 6.45) is 2.42. The zero-order valence-electron chi connectivity index (χ0n) is 19.4. The highest BCUT2D eigenvalue weighted by molar-refractivity contribution is 7.12. The van der Waals surface area contributed by atoms with Crippen LogP contribution in [0.15, 0.2) is 103 Å². The van der Waals surface area contributed by atoms with E-state index in [0.717, 1.165) is 0 Å². The molecule has 0 aliphatic heterocycles. The molecule has 0 nitrogen and oxygen atoms in total. The van der Waals surface area contributed by atoms with Gasteiger partial charge in [-0.15, -0.1) is 0 Å². The summed E-state index contributed by atoms with van der Waals surface area (Å²) in [6.45, 7) is 9.01. The van der Waals surface area contributed by atoms with Crippen LogP contribution in [0.4, 0.5) is 0 Å². The van der Waals surface area contributed by atoms with Crippen LogP contribution >= 0.6 is 0 Å². The van der Waals surface area contributed by atoms with Crippen molar-refractivity contribution in [2.24, 2.45) is 0 Å². The fraction of sp³-hybridized carbons (Fsp3) is 0.161. The zero-order valence-corrected chi connectivity index (χ0v) is 20.4. The van der Waals surface area contributed by atoms with Gasteiger partial charge < -0.3 is 0 Å². The summed E-state index contributed by atoms with van der Waals surface area (Å²) >= 11 is 0. The summed E-state index contributed by atoms with van der Waals surface area (Å²) in [5.74, 6) is 0. The number of rotatable bonds is 4. The fourth-order valence-electron chi connectivity index (χ4n) is 5.72. The first-order valence-electron chi connectivity index (χ1n) is 11.5. The van der Waals surface area contributed by atoms with Gasteiger partial charge in [0.15, 0.2) is 8.07 Å². The Morgan fingerprint density at radius 2 is 1.00 bits per heavy atom. The van der Waals surface area contributed by atoms with Crippen molar-refractivity contribution < 1.29 is 0 Å². The highest BCUT2D eigenvalue weighted by Gasteiger charge is 2.49. The lowest BCUT2D eigenvalue weighted by atomic mass is 10.1. The van der Waals surface area contributed by atoms with Crippen LogP contribution in [0.3, 0.4) is 0 Å². The Balaban J connectivity index is 1.95. The van der Waals surface area contributed by atoms with Crippen molar-refractivity contribution in [1.82, 2.24) is 0 Å². The van der Waals surface area contributed by atoms with Crippen molar-refractivity contribution in [1.29, 1.82) is 0 Å². The topological polar surface area (TPSA) is 0 Å². The van der Waals surface area contributed by atoms with Crippen LogP contribution in [0.25, 0.3) is 6.08 Å². The zero-order chi connectivity index (χ0) is 22.3. The van der Waals surface area contributed by atoms with E-state index in [1.165, 1.54) is 49.0 Å². The van der Waals surface area contributed by atoms with Gasteiger partial charge in [-0.3, -0.25) is 0 Å². The summed E-state index contributed by atoms with van der Waals surface area (Å²) in [4.78, 5) is 0. The molecule has 0 saturated carbocycles. The molecule has 1 heteroatoms. The number of hydrogen-bond donors (Lipinski definition) is 0. The van der Waals surface area contributed by atoms with E-state index < -0.39 is 8.07 Å². The van der Waals surface area contributed by atoms with Gasteiger partial charge in [0.2, 0.25) is 0 Å². The van der Waals surface area contributed by atoms with E-state index in [1.54, 1.807) is 0 Å². The van der Waals surface area contributed by atoms with Gasteiger partial charge >= 0.3 is 0 Å². The van der Waals surface area contributed by atoms with Crippen LogP contribution in [-0.4, -0.2) is 8.07 Å². The molecule has 1 atom stereocenters. The van der Waals surface area contributed by atoms with Crippen LogP contribution in [0.5, 0.6) is 0 Å². The lowest BCUT2D eigenvalue weighted by Crippen LogP contribution is -2.71. The number of fused-ring (bicyclic) bond motifs is 1. The Bertz CT molecular complexity index is 1220. The van der Waals surface area contributed by atoms with Crippen molar-refractivity contribution in [3.63, 3.8) is 0 Å². The normalized spacial score (nSPS) is 15.4. The molecule has 0 saturated heterocycles. The number of aryl methyl sites for hydroxylation is 3. The molecule has 0 amide bonds. The maximum Gasteiger partial charge on any atom is 0.159 e. The molecule has 0 heterocycles. The van der Waals surface area contributed by atoms with Gasteiger partial charge in [-0.25, -0.2) is 0 Å². The van der Waals surface area contributed by atoms with Crippen molar-refractivity contribution in [3.8, 4) is 0 Å². The van der Waals surface area contributed by atoms with E-state index >= 15 is 0 Å². The molecule has 32 heavy (non-hydrogen) atoms. The van der Waals surface area contributed by atoms with Crippen molar-refractivity contribution in [2.45, 2.75) is 33.2 Å². The first-order chi connectivity index (χ1) is 15.5. The molecule has 0 aromatic heterocycles. The monoisotopic (exact) mass is 430 g/mol. The Morgan fingerprint density at radius 1 is 0.531 bits per heavy atom. The third-order valence-corrected chi connectivity index (χ3v) is 12.3. The second-order valence-corrected chi connectivity index (χ2v) is 13.3. The van der Waals surface area contributed by atoms with Gasteiger partial charge in [-0.1, -0.05) is 125 Å². The molecule has 0 bridgehead atoms. The average Bonchev–Trinajstić information content (AvgIpc) is 3.11. The van der Waals surface area contributed by atoms with Crippen LogP contribution in [-0.2, 0) is 0 Å². The first kappa shape index (κ1) is 20.7. The summed E-state index contributed by atoms with van der Waals surface area (Å²) < 4.78 is 0. The smallest absolute Gasteiger partial charge is 0.0669 e. The van der Waals surface area contributed by atoms with Gasteiger partial charge in [0.05, 0.1) is 0 Å². The third kappa shape index (κ3) is 3.29. The maximum absolute atomic E-state index is 2.47. The van der Waals surface area contributed by atoms with Crippen LogP contribution in [0, 0.1) is 20.8 Å². The number of hydrogen-bond acceptors (Lipinski definition) is 0. The van der Waals surface area contributed by atoms with Gasteiger partial charge in [-0.2, -0.15) is 0 Å². The van der Waals surface area contributed by atoms with E-state index in [1.807, 2.05) is 0 Å². The molecule has 5 rings (SSSR count). The Kier molecular flexibility index (Phi) is 5.23. The second-order valence-electron chi connectivity index (χ2n) is 9.37. The predicted octanol–water partition coefficient (Wildman–Crippen LogP) is 5.82. The van der Waals surface area contributed by atoms with Gasteiger partial charge in [-0.05, 0) is 54.4 Å². The summed E-state index contributed by atoms with van der Waals surface area (Å²) in [7, 11) is -2.47. The van der Waals surface area contributed by atoms with Crippen LogP contribution < -0.4 is 15.6 Å². The largest absolute Gasteiger partial charge is 0.159 e. The molecule has 0 fully saturated rings. The Hall–Kier alpha value is -3.16. The quantitative estimate of drug-likeness (QED) is 0.283. The molecule has 0 spiro atoms. The molecule has 0 radical (unpaired) electrons. The van der Waals surface area contributed by atoms with E-state index in [4.69, 9.17) is 0 Å². The SMILES string of the molecule is CC1=Cc2ccccc2C1[Si](c1cccc(C)c1)(c1cccc(C)c1)c1cccc(C)c1. The van der Waals surface area contributed by atoms with Crippen LogP contribution in [0.1, 0.15) is 40.3 Å². The van der Waals surface area contributed by atoms with Crippen molar-refractivity contribution in [3.05, 3.63) is 130 Å². The minimum absolute atomic E-state index is 0.365. The Labute approximate surface area is 193 Å². The standard InChI is InChI=1S/C31H30Si/c1-22-10-7-14-27(18-22)32(28-15-8-11-23(2)19-28,29-16-9-12-24(3)20-29)31-25(4)21-26-13-5-6-17-30(26)31/h5-21,31H,1-4H3. The molecule has 1 aliphatic carbocycles. The van der Waals surface area contributed by atoms with Crippen LogP contribution in [0.2, 0.25) is 0 Å². The summed E-state index contributed by atoms with van der Waals surface area (Å²) in [5.41, 5.74) is 8.67. The highest BCUT2D eigenvalue weighted by atomic mass is 28.3. The minimum Gasteiger partial charge on any atom is -0.0669 e. The molecule has 1 aliphatic rings. The fourth-order valence-corrected chi connectivity index (χ4v) is 11.7. The van der Waals surface area contributed by atoms with Crippen molar-refractivity contribution in [2.75, 3.05) is 0 Å². The average molecular weight is 431 g/mol. The van der Waals surface area contributed by atoms with Gasteiger partial charge in [0.25, 0.3) is 0 Å². The van der Waals surface area contributed by atoms with Gasteiger partial charge in [0, 0.05) is 5.54 Å². The second kappa shape index (κ2) is 8.07. The molecule has 4 aromatic carbocycles. The highest BCUT2D eigenvalue weighted by Crippen LogP contribution is 2.42. The molecule has 4 aromatic rings. The van der Waals surface area contributed by atoms with Gasteiger partial charge in [0.1, 0.15) is 0 Å². The first-order valence-corrected chi connectivity index (χ1v) is 13.6. The molecule has 158 valence electrons. The molecular weight excluding hydrogens is 400 g/mol. The minimum atomic E-state index is -2.47. The third-order valence-electron chi connectivity index (χ3n) is 7.00. The van der Waals surface area contributed by atoms with E-state index in [-0.39, 0.29) is 0 Å². The lowest BCUT2D eigenvalue weighted by molar-refractivity contribution is 1.10. The maximum atomic E-state index is 2.45. The lowest BCUT2D eigenvalue weighted by Gasteiger charge is -2.41. The molecular formula is C31H30Si. The van der Waals surface area contributed by atoms with E-state index in [2.05, 4.69) is 131 Å². The summed E-state index contributed by atoms with van der Waals surface area (Å²) in [5, 5.41) is 4.47.